The minimum atomic E-state index is -0.321. The zero-order valence-corrected chi connectivity index (χ0v) is 9.10. The molecular weight excluding hydrogens is 219 g/mol. The van der Waals surface area contributed by atoms with Gasteiger partial charge in [-0.05, 0) is 17.7 Å². The minimum Gasteiger partial charge on any atom is -0.326 e. The number of nitriles is 1. The van der Waals surface area contributed by atoms with Gasteiger partial charge < -0.3 is 5.73 Å². The molecule has 0 saturated carbocycles. The van der Waals surface area contributed by atoms with Gasteiger partial charge in [0, 0.05) is 23.9 Å². The second-order valence-corrected chi connectivity index (χ2v) is 3.60. The minimum absolute atomic E-state index is 0.151. The summed E-state index contributed by atoms with van der Waals surface area (Å²) in [4.78, 5) is 0. The van der Waals surface area contributed by atoms with Crippen LogP contribution in [0.2, 0.25) is 0 Å². The van der Waals surface area contributed by atoms with Crippen LogP contribution in [-0.4, -0.2) is 9.78 Å². The average Bonchev–Trinajstić information content (AvgIpc) is 2.79. The normalized spacial score (nSPS) is 10.2. The van der Waals surface area contributed by atoms with Crippen molar-refractivity contribution in [3.05, 3.63) is 42.0 Å². The molecule has 0 aliphatic heterocycles. The van der Waals surface area contributed by atoms with Crippen molar-refractivity contribution in [2.45, 2.75) is 13.1 Å². The van der Waals surface area contributed by atoms with Gasteiger partial charge in [0.2, 0.25) is 0 Å². The van der Waals surface area contributed by atoms with Crippen LogP contribution in [0.25, 0.3) is 11.1 Å². The number of halogens is 1. The lowest BCUT2D eigenvalue weighted by molar-refractivity contribution is 0.630. The first-order valence-corrected chi connectivity index (χ1v) is 5.13. The Hall–Kier alpha value is -2.19. The van der Waals surface area contributed by atoms with Crippen LogP contribution < -0.4 is 5.73 Å². The van der Waals surface area contributed by atoms with Gasteiger partial charge in [-0.1, -0.05) is 6.07 Å². The highest BCUT2D eigenvalue weighted by atomic mass is 19.1. The molecule has 1 aromatic heterocycles. The van der Waals surface area contributed by atoms with E-state index in [1.807, 2.05) is 6.07 Å². The van der Waals surface area contributed by atoms with E-state index in [1.54, 1.807) is 18.3 Å². The summed E-state index contributed by atoms with van der Waals surface area (Å²) >= 11 is 0. The Morgan fingerprint density at radius 2 is 2.29 bits per heavy atom. The molecule has 0 radical (unpaired) electrons. The third kappa shape index (κ3) is 2.32. The first-order valence-electron chi connectivity index (χ1n) is 5.13. The first-order chi connectivity index (χ1) is 8.24. The Morgan fingerprint density at radius 1 is 1.47 bits per heavy atom. The van der Waals surface area contributed by atoms with Crippen molar-refractivity contribution in [1.29, 1.82) is 5.26 Å². The Kier molecular flexibility index (Phi) is 3.17. The Labute approximate surface area is 98.1 Å². The molecule has 2 rings (SSSR count). The molecule has 0 spiro atoms. The van der Waals surface area contributed by atoms with Gasteiger partial charge >= 0.3 is 0 Å². The summed E-state index contributed by atoms with van der Waals surface area (Å²) in [5.41, 5.74) is 7.47. The van der Waals surface area contributed by atoms with E-state index in [0.29, 0.717) is 17.7 Å². The van der Waals surface area contributed by atoms with Crippen LogP contribution in [-0.2, 0) is 13.1 Å². The summed E-state index contributed by atoms with van der Waals surface area (Å²) in [6, 6.07) is 6.71. The van der Waals surface area contributed by atoms with Crippen molar-refractivity contribution in [1.82, 2.24) is 9.78 Å². The lowest BCUT2D eigenvalue weighted by Gasteiger charge is -2.02. The van der Waals surface area contributed by atoms with Gasteiger partial charge in [-0.25, -0.2) is 4.39 Å². The fourth-order valence-corrected chi connectivity index (χ4v) is 1.58. The quantitative estimate of drug-likeness (QED) is 0.872. The molecule has 0 atom stereocenters. The Balaban J connectivity index is 2.41. The van der Waals surface area contributed by atoms with Crippen LogP contribution in [0, 0.1) is 17.1 Å². The van der Waals surface area contributed by atoms with Gasteiger partial charge in [0.1, 0.15) is 12.4 Å². The molecule has 4 nitrogen and oxygen atoms in total. The van der Waals surface area contributed by atoms with Crippen LogP contribution in [0.15, 0.2) is 30.6 Å². The van der Waals surface area contributed by atoms with Gasteiger partial charge in [0.15, 0.2) is 0 Å². The largest absolute Gasteiger partial charge is 0.326 e. The maximum atomic E-state index is 13.6. The molecule has 1 aromatic carbocycles. The molecular formula is C12H11FN4. The number of nitrogens with two attached hydrogens (primary N) is 1. The molecule has 2 N–H and O–H groups in total. The van der Waals surface area contributed by atoms with Gasteiger partial charge in [-0.3, -0.25) is 4.68 Å². The first kappa shape index (κ1) is 11.3. The molecule has 0 saturated heterocycles. The fraction of sp³-hybridized carbons (Fsp3) is 0.167. The van der Waals surface area contributed by atoms with Crippen LogP contribution in [0.4, 0.5) is 4.39 Å². The van der Waals surface area contributed by atoms with E-state index < -0.39 is 0 Å². The average molecular weight is 230 g/mol. The summed E-state index contributed by atoms with van der Waals surface area (Å²) in [7, 11) is 0. The molecule has 0 amide bonds. The number of nitrogens with zero attached hydrogens (tertiary/aromatic N) is 3. The third-order valence-electron chi connectivity index (χ3n) is 2.44. The molecule has 86 valence electrons. The van der Waals surface area contributed by atoms with E-state index in [9.17, 15) is 4.39 Å². The van der Waals surface area contributed by atoms with Crippen molar-refractivity contribution in [3.8, 4) is 17.2 Å². The highest BCUT2D eigenvalue weighted by Gasteiger charge is 2.08. The summed E-state index contributed by atoms with van der Waals surface area (Å²) < 4.78 is 15.1. The van der Waals surface area contributed by atoms with Crippen LogP contribution in [0.5, 0.6) is 0 Å². The van der Waals surface area contributed by atoms with E-state index in [0.717, 1.165) is 5.56 Å². The molecule has 0 unspecified atom stereocenters. The second kappa shape index (κ2) is 4.76. The van der Waals surface area contributed by atoms with E-state index in [1.165, 1.54) is 16.9 Å². The Morgan fingerprint density at radius 3 is 3.00 bits per heavy atom. The van der Waals surface area contributed by atoms with Gasteiger partial charge in [0.05, 0.1) is 12.3 Å². The van der Waals surface area contributed by atoms with Crippen molar-refractivity contribution >= 4 is 0 Å². The van der Waals surface area contributed by atoms with E-state index in [-0.39, 0.29) is 12.4 Å². The molecule has 0 fully saturated rings. The van der Waals surface area contributed by atoms with Crippen LogP contribution in [0.3, 0.4) is 0 Å². The van der Waals surface area contributed by atoms with Crippen molar-refractivity contribution in [2.24, 2.45) is 5.73 Å². The van der Waals surface area contributed by atoms with Gasteiger partial charge in [-0.2, -0.15) is 10.4 Å². The Bertz CT molecular complexity index is 568. The summed E-state index contributed by atoms with van der Waals surface area (Å²) in [5.74, 6) is -0.321. The predicted octanol–water partition coefficient (Wildman–Crippen LogP) is 1.67. The van der Waals surface area contributed by atoms with E-state index >= 15 is 0 Å². The predicted molar refractivity (Wildman–Crippen MR) is 61.1 cm³/mol. The molecule has 0 aliphatic rings. The highest BCUT2D eigenvalue weighted by molar-refractivity contribution is 5.63. The molecule has 1 heterocycles. The van der Waals surface area contributed by atoms with Crippen LogP contribution >= 0.6 is 0 Å². The summed E-state index contributed by atoms with van der Waals surface area (Å²) in [5, 5.41) is 12.5. The van der Waals surface area contributed by atoms with E-state index in [4.69, 9.17) is 11.0 Å². The zero-order valence-electron chi connectivity index (χ0n) is 9.10. The maximum absolute atomic E-state index is 13.6. The molecule has 5 heteroatoms. The number of hydrogen-bond acceptors (Lipinski definition) is 3. The number of rotatable bonds is 3. The summed E-state index contributed by atoms with van der Waals surface area (Å²) in [6.45, 7) is 0.512. The SMILES string of the molecule is N#CCn1cc(-c2cc(CN)ccc2F)cn1. The molecule has 0 bridgehead atoms. The van der Waals surface area contributed by atoms with E-state index in [2.05, 4.69) is 5.10 Å². The number of hydrogen-bond donors (Lipinski definition) is 1. The lowest BCUT2D eigenvalue weighted by atomic mass is 10.1. The topological polar surface area (TPSA) is 67.6 Å². The van der Waals surface area contributed by atoms with Gasteiger partial charge in [0.25, 0.3) is 0 Å². The maximum Gasteiger partial charge on any atom is 0.131 e. The highest BCUT2D eigenvalue weighted by Crippen LogP contribution is 2.23. The molecule has 0 aliphatic carbocycles. The lowest BCUT2D eigenvalue weighted by Crippen LogP contribution is -1.97. The summed E-state index contributed by atoms with van der Waals surface area (Å²) in [6.07, 6.45) is 3.18. The standard InChI is InChI=1S/C12H11FN4/c13-12-2-1-9(6-15)5-11(12)10-7-16-17(8-10)4-3-14/h1-2,5,7-8H,4,6,15H2. The number of benzene rings is 1. The van der Waals surface area contributed by atoms with Gasteiger partial charge in [-0.15, -0.1) is 0 Å². The molecule has 2 aromatic rings. The third-order valence-corrected chi connectivity index (χ3v) is 2.44. The number of aromatic nitrogens is 2. The second-order valence-electron chi connectivity index (χ2n) is 3.60. The zero-order chi connectivity index (χ0) is 12.3. The fourth-order valence-electron chi connectivity index (χ4n) is 1.58. The van der Waals surface area contributed by atoms with Crippen molar-refractivity contribution < 1.29 is 4.39 Å². The molecule has 17 heavy (non-hydrogen) atoms. The van der Waals surface area contributed by atoms with Crippen molar-refractivity contribution in [2.75, 3.05) is 0 Å². The smallest absolute Gasteiger partial charge is 0.131 e. The van der Waals surface area contributed by atoms with Crippen LogP contribution in [0.1, 0.15) is 5.56 Å². The monoisotopic (exact) mass is 230 g/mol. The van der Waals surface area contributed by atoms with Crippen molar-refractivity contribution in [3.63, 3.8) is 0 Å².